The maximum atomic E-state index is 10.1. The Morgan fingerprint density at radius 1 is 1.17 bits per heavy atom. The lowest BCUT2D eigenvalue weighted by atomic mass is 10.1. The molecule has 5 N–H and O–H groups in total. The number of aromatic nitrogens is 5. The zero-order chi connectivity index (χ0) is 21.1. The molecule has 1 aromatic carbocycles. The van der Waals surface area contributed by atoms with Crippen molar-refractivity contribution in [1.29, 1.82) is 0 Å². The summed E-state index contributed by atoms with van der Waals surface area (Å²) in [6, 6.07) is 2.44. The predicted octanol–water partition coefficient (Wildman–Crippen LogP) is 2.35. The molecule has 0 saturated carbocycles. The van der Waals surface area contributed by atoms with Crippen LogP contribution >= 0.6 is 11.6 Å². The zero-order valence-corrected chi connectivity index (χ0v) is 17.1. The van der Waals surface area contributed by atoms with E-state index in [2.05, 4.69) is 30.9 Å². The minimum absolute atomic E-state index is 0.0543. The lowest BCUT2D eigenvalue weighted by Crippen LogP contribution is -2.30. The van der Waals surface area contributed by atoms with Crippen molar-refractivity contribution in [1.82, 2.24) is 25.0 Å². The number of aliphatic hydroxyl groups excluding tert-OH is 1. The molecule has 2 aromatic heterocycles. The van der Waals surface area contributed by atoms with Gasteiger partial charge in [0.2, 0.25) is 5.95 Å². The molecule has 10 nitrogen and oxygen atoms in total. The molecule has 156 valence electrons. The van der Waals surface area contributed by atoms with Gasteiger partial charge in [0.25, 0.3) is 0 Å². The molecular formula is C18H24ClN7O3. The number of phenols is 2. The van der Waals surface area contributed by atoms with Crippen LogP contribution in [0.25, 0.3) is 11.2 Å². The normalized spacial score (nSPS) is 12.5. The van der Waals surface area contributed by atoms with E-state index in [0.29, 0.717) is 35.0 Å². The van der Waals surface area contributed by atoms with Gasteiger partial charge < -0.3 is 26.0 Å². The zero-order valence-electron chi connectivity index (χ0n) is 16.4. The van der Waals surface area contributed by atoms with Crippen molar-refractivity contribution in [3.05, 3.63) is 22.7 Å². The molecule has 3 aromatic rings. The Kier molecular flexibility index (Phi) is 6.23. The number of aromatic hydroxyl groups is 2. The number of aliphatic hydroxyl groups is 1. The second-order valence-corrected chi connectivity index (χ2v) is 7.34. The average Bonchev–Trinajstić information content (AvgIpc) is 3.10. The Bertz CT molecular complexity index is 1010. The first-order chi connectivity index (χ1) is 13.8. The molecule has 0 unspecified atom stereocenters. The van der Waals surface area contributed by atoms with Crippen LogP contribution in [0.15, 0.2) is 12.1 Å². The van der Waals surface area contributed by atoms with Crippen LogP contribution in [0.5, 0.6) is 11.5 Å². The second-order valence-electron chi connectivity index (χ2n) is 6.94. The van der Waals surface area contributed by atoms with Gasteiger partial charge in [0.15, 0.2) is 17.0 Å². The number of phenolic OH excluding ortho intramolecular Hbond substituents is 2. The Morgan fingerprint density at radius 3 is 2.59 bits per heavy atom. The van der Waals surface area contributed by atoms with E-state index in [1.54, 1.807) is 4.68 Å². The van der Waals surface area contributed by atoms with E-state index in [0.717, 1.165) is 0 Å². The monoisotopic (exact) mass is 421 g/mol. The van der Waals surface area contributed by atoms with Crippen molar-refractivity contribution in [3.63, 3.8) is 0 Å². The molecule has 0 spiro atoms. The molecular weight excluding hydrogens is 398 g/mol. The number of rotatable bonds is 8. The predicted molar refractivity (Wildman–Crippen MR) is 110 cm³/mol. The summed E-state index contributed by atoms with van der Waals surface area (Å²) in [5.41, 5.74) is 1.45. The first-order valence-corrected chi connectivity index (χ1v) is 9.64. The number of nitrogens with one attached hydrogen (secondary N) is 2. The summed E-state index contributed by atoms with van der Waals surface area (Å²) in [7, 11) is 0. The number of anilines is 2. The average molecular weight is 422 g/mol. The van der Waals surface area contributed by atoms with Crippen LogP contribution in [0.4, 0.5) is 11.8 Å². The third kappa shape index (κ3) is 4.43. The molecule has 2 heterocycles. The summed E-state index contributed by atoms with van der Waals surface area (Å²) >= 11 is 5.81. The number of fused-ring (bicyclic) bond motifs is 1. The summed E-state index contributed by atoms with van der Waals surface area (Å²) in [5, 5.41) is 44.0. The van der Waals surface area contributed by atoms with Crippen LogP contribution in [-0.4, -0.2) is 52.9 Å². The minimum atomic E-state index is -0.219. The molecule has 0 bridgehead atoms. The maximum Gasteiger partial charge on any atom is 0.227 e. The SMILES string of the molecule is CCn1nnc2c(NCc3cc(O)c(Cl)cc3O)nc(N[C@@H](CO)C(C)C)nc21. The number of hydrogen-bond donors (Lipinski definition) is 5. The van der Waals surface area contributed by atoms with Crippen molar-refractivity contribution in [2.24, 2.45) is 5.92 Å². The van der Waals surface area contributed by atoms with Gasteiger partial charge in [-0.3, -0.25) is 0 Å². The Morgan fingerprint density at radius 2 is 1.93 bits per heavy atom. The van der Waals surface area contributed by atoms with Gasteiger partial charge in [-0.25, -0.2) is 4.68 Å². The van der Waals surface area contributed by atoms with Gasteiger partial charge in [-0.1, -0.05) is 30.7 Å². The highest BCUT2D eigenvalue weighted by Gasteiger charge is 2.18. The molecule has 3 rings (SSSR count). The summed E-state index contributed by atoms with van der Waals surface area (Å²) in [6.45, 7) is 6.57. The summed E-state index contributed by atoms with van der Waals surface area (Å²) < 4.78 is 1.64. The highest BCUT2D eigenvalue weighted by Crippen LogP contribution is 2.31. The first kappa shape index (κ1) is 20.9. The fraction of sp³-hybridized carbons (Fsp3) is 0.444. The van der Waals surface area contributed by atoms with E-state index in [4.69, 9.17) is 11.6 Å². The van der Waals surface area contributed by atoms with Gasteiger partial charge in [-0.15, -0.1) is 5.10 Å². The number of nitrogens with zero attached hydrogens (tertiary/aromatic N) is 5. The number of halogens is 1. The van der Waals surface area contributed by atoms with E-state index in [-0.39, 0.29) is 41.6 Å². The Hall–Kier alpha value is -2.85. The lowest BCUT2D eigenvalue weighted by molar-refractivity contribution is 0.248. The van der Waals surface area contributed by atoms with E-state index in [1.165, 1.54) is 12.1 Å². The van der Waals surface area contributed by atoms with Gasteiger partial charge in [-0.2, -0.15) is 9.97 Å². The third-order valence-corrected chi connectivity index (χ3v) is 4.88. The van der Waals surface area contributed by atoms with Crippen molar-refractivity contribution < 1.29 is 15.3 Å². The number of hydrogen-bond acceptors (Lipinski definition) is 9. The van der Waals surface area contributed by atoms with Gasteiger partial charge in [-0.05, 0) is 18.9 Å². The third-order valence-electron chi connectivity index (χ3n) is 4.57. The Labute approximate surface area is 172 Å². The van der Waals surface area contributed by atoms with Crippen molar-refractivity contribution in [2.45, 2.75) is 39.9 Å². The fourth-order valence-corrected chi connectivity index (χ4v) is 2.92. The van der Waals surface area contributed by atoms with Gasteiger partial charge in [0.05, 0.1) is 17.7 Å². The molecule has 0 aliphatic heterocycles. The minimum Gasteiger partial charge on any atom is -0.508 e. The van der Waals surface area contributed by atoms with E-state index in [1.807, 2.05) is 20.8 Å². The standard InChI is InChI=1S/C18H24ClN7O3/c1-4-26-17-15(24-25-26)16(22-18(23-17)21-12(8-27)9(2)3)20-7-10-5-14(29)11(19)6-13(10)28/h5-6,9,12,27-29H,4,7-8H2,1-3H3,(H2,20,21,22,23)/t12-/m0/s1. The smallest absolute Gasteiger partial charge is 0.227 e. The maximum absolute atomic E-state index is 10.1. The Balaban J connectivity index is 1.95. The molecule has 0 aliphatic carbocycles. The quantitative estimate of drug-likeness (QED) is 0.346. The molecule has 0 fully saturated rings. The fourth-order valence-electron chi connectivity index (χ4n) is 2.76. The lowest BCUT2D eigenvalue weighted by Gasteiger charge is -2.20. The van der Waals surface area contributed by atoms with Gasteiger partial charge in [0.1, 0.15) is 11.5 Å². The summed E-state index contributed by atoms with van der Waals surface area (Å²) in [5.74, 6) is 0.718. The molecule has 0 aliphatic rings. The van der Waals surface area contributed by atoms with E-state index in [9.17, 15) is 15.3 Å². The van der Waals surface area contributed by atoms with Gasteiger partial charge >= 0.3 is 0 Å². The first-order valence-electron chi connectivity index (χ1n) is 9.26. The van der Waals surface area contributed by atoms with Crippen molar-refractivity contribution in [2.75, 3.05) is 17.2 Å². The van der Waals surface area contributed by atoms with Crippen molar-refractivity contribution in [3.8, 4) is 11.5 Å². The molecule has 0 saturated heterocycles. The van der Waals surface area contributed by atoms with Crippen LogP contribution in [-0.2, 0) is 13.1 Å². The summed E-state index contributed by atoms with van der Waals surface area (Å²) in [4.78, 5) is 8.97. The molecule has 0 amide bonds. The van der Waals surface area contributed by atoms with Gasteiger partial charge in [0, 0.05) is 24.7 Å². The van der Waals surface area contributed by atoms with Crippen LogP contribution in [0.1, 0.15) is 26.3 Å². The van der Waals surface area contributed by atoms with E-state index < -0.39 is 0 Å². The molecule has 29 heavy (non-hydrogen) atoms. The highest BCUT2D eigenvalue weighted by molar-refractivity contribution is 6.32. The van der Waals surface area contributed by atoms with Crippen LogP contribution in [0.3, 0.4) is 0 Å². The number of aryl methyl sites for hydroxylation is 1. The topological polar surface area (TPSA) is 141 Å². The van der Waals surface area contributed by atoms with Crippen LogP contribution in [0.2, 0.25) is 5.02 Å². The second kappa shape index (κ2) is 8.66. The van der Waals surface area contributed by atoms with Crippen molar-refractivity contribution >= 4 is 34.5 Å². The molecule has 11 heteroatoms. The largest absolute Gasteiger partial charge is 0.508 e. The molecule has 1 atom stereocenters. The van der Waals surface area contributed by atoms with Crippen LogP contribution in [0, 0.1) is 5.92 Å². The van der Waals surface area contributed by atoms with Crippen LogP contribution < -0.4 is 10.6 Å². The highest BCUT2D eigenvalue weighted by atomic mass is 35.5. The van der Waals surface area contributed by atoms with E-state index >= 15 is 0 Å². The summed E-state index contributed by atoms with van der Waals surface area (Å²) in [6.07, 6.45) is 0. The molecule has 0 radical (unpaired) electrons. The number of benzene rings is 1.